The predicted molar refractivity (Wildman–Crippen MR) is 130 cm³/mol. The van der Waals surface area contributed by atoms with Crippen LogP contribution >= 0.6 is 0 Å². The van der Waals surface area contributed by atoms with Crippen LogP contribution in [0.2, 0.25) is 0 Å². The summed E-state index contributed by atoms with van der Waals surface area (Å²) in [6.07, 6.45) is 4.62. The molecule has 9 heteroatoms. The maximum atomic E-state index is 13.6. The van der Waals surface area contributed by atoms with Gasteiger partial charge in [-0.25, -0.2) is 0 Å². The van der Waals surface area contributed by atoms with Crippen molar-refractivity contribution in [3.8, 4) is 11.3 Å². The highest BCUT2D eigenvalue weighted by Gasteiger charge is 2.37. The summed E-state index contributed by atoms with van der Waals surface area (Å²) in [5, 5.41) is 8.56. The molecule has 3 atom stereocenters. The van der Waals surface area contributed by atoms with E-state index in [1.807, 2.05) is 29.2 Å². The minimum Gasteiger partial charge on any atom is -0.378 e. The van der Waals surface area contributed by atoms with Crippen LogP contribution < -0.4 is 5.32 Å². The Morgan fingerprint density at radius 3 is 2.74 bits per heavy atom. The SMILES string of the molecule is O=C(c1nn([C@H]2CCCN(C3CCCNC3)C2)c2c1CS(=O)c1ccccc1-2)N1CCOCC1. The van der Waals surface area contributed by atoms with Gasteiger partial charge in [0.1, 0.15) is 0 Å². The average molecular weight is 484 g/mol. The standard InChI is InChI=1S/C25H33N5O3S/c31-25(28-11-13-33-14-12-28)23-21-17-34(32)22-8-2-1-7-20(22)24(21)30(27-23)19-6-4-10-29(16-19)18-5-3-9-26-15-18/h1-2,7-8,18-19,26H,3-6,9-17H2/t18?,19-,34?/m0/s1. The topological polar surface area (TPSA) is 79.7 Å². The third kappa shape index (κ3) is 4.02. The Bertz CT molecular complexity index is 1090. The molecule has 1 amide bonds. The molecule has 1 aromatic heterocycles. The molecule has 4 aliphatic rings. The monoisotopic (exact) mass is 483 g/mol. The number of ether oxygens (including phenoxy) is 1. The Balaban J connectivity index is 1.40. The van der Waals surface area contributed by atoms with Gasteiger partial charge in [0.05, 0.1) is 41.5 Å². The maximum Gasteiger partial charge on any atom is 0.274 e. The second kappa shape index (κ2) is 9.53. The highest BCUT2D eigenvalue weighted by molar-refractivity contribution is 7.84. The van der Waals surface area contributed by atoms with Crippen LogP contribution in [0.4, 0.5) is 0 Å². The Morgan fingerprint density at radius 1 is 1.09 bits per heavy atom. The molecule has 4 aliphatic heterocycles. The van der Waals surface area contributed by atoms with E-state index in [0.717, 1.165) is 60.7 Å². The lowest BCUT2D eigenvalue weighted by molar-refractivity contribution is 0.0297. The average Bonchev–Trinajstić information content (AvgIpc) is 3.29. The van der Waals surface area contributed by atoms with Crippen molar-refractivity contribution < 1.29 is 13.7 Å². The first-order valence-corrected chi connectivity index (χ1v) is 13.9. The van der Waals surface area contributed by atoms with Crippen LogP contribution in [0.1, 0.15) is 47.8 Å². The van der Waals surface area contributed by atoms with E-state index in [2.05, 4.69) is 14.9 Å². The zero-order chi connectivity index (χ0) is 23.1. The van der Waals surface area contributed by atoms with E-state index < -0.39 is 10.8 Å². The second-order valence-electron chi connectivity index (χ2n) is 9.80. The maximum absolute atomic E-state index is 13.6. The third-order valence-corrected chi connectivity index (χ3v) is 9.13. The molecule has 3 saturated heterocycles. The number of morpholine rings is 1. The molecule has 0 spiro atoms. The first-order valence-electron chi connectivity index (χ1n) is 12.6. The van der Waals surface area contributed by atoms with Crippen molar-refractivity contribution in [2.45, 2.75) is 48.4 Å². The van der Waals surface area contributed by atoms with E-state index >= 15 is 0 Å². The molecule has 5 heterocycles. The molecule has 1 aromatic carbocycles. The van der Waals surface area contributed by atoms with Crippen molar-refractivity contribution in [2.75, 3.05) is 52.5 Å². The summed E-state index contributed by atoms with van der Waals surface area (Å²) < 4.78 is 20.7. The summed E-state index contributed by atoms with van der Waals surface area (Å²) in [5.41, 5.74) is 3.30. The fourth-order valence-corrected chi connectivity index (χ4v) is 7.30. The molecule has 0 aliphatic carbocycles. The van der Waals surface area contributed by atoms with Gasteiger partial charge in [-0.2, -0.15) is 5.10 Å². The summed E-state index contributed by atoms with van der Waals surface area (Å²) in [4.78, 5) is 18.9. The summed E-state index contributed by atoms with van der Waals surface area (Å²) in [6, 6.07) is 8.70. The predicted octanol–water partition coefficient (Wildman–Crippen LogP) is 2.03. The van der Waals surface area contributed by atoms with Gasteiger partial charge >= 0.3 is 0 Å². The Morgan fingerprint density at radius 2 is 1.91 bits per heavy atom. The molecule has 8 nitrogen and oxygen atoms in total. The van der Waals surface area contributed by atoms with Gasteiger partial charge in [0, 0.05) is 48.2 Å². The van der Waals surface area contributed by atoms with Gasteiger partial charge < -0.3 is 15.0 Å². The number of nitrogens with zero attached hydrogens (tertiary/aromatic N) is 4. The number of amides is 1. The fraction of sp³-hybridized carbons (Fsp3) is 0.600. The lowest BCUT2D eigenvalue weighted by atomic mass is 9.98. The van der Waals surface area contributed by atoms with Crippen molar-refractivity contribution in [1.29, 1.82) is 0 Å². The molecule has 1 N–H and O–H groups in total. The molecule has 2 aromatic rings. The number of rotatable bonds is 3. The molecular formula is C25H33N5O3S. The number of carbonyl (C=O) groups excluding carboxylic acids is 1. The molecule has 182 valence electrons. The van der Waals surface area contributed by atoms with Gasteiger partial charge in [-0.1, -0.05) is 18.2 Å². The van der Waals surface area contributed by atoms with E-state index in [4.69, 9.17) is 9.84 Å². The zero-order valence-corrected chi connectivity index (χ0v) is 20.4. The van der Waals surface area contributed by atoms with Crippen molar-refractivity contribution in [2.24, 2.45) is 0 Å². The normalized spacial score (nSPS) is 27.8. The van der Waals surface area contributed by atoms with E-state index in [-0.39, 0.29) is 11.9 Å². The van der Waals surface area contributed by atoms with Crippen LogP contribution in [-0.4, -0.2) is 88.2 Å². The number of likely N-dealkylation sites (tertiary alicyclic amines) is 1. The largest absolute Gasteiger partial charge is 0.378 e. The lowest BCUT2D eigenvalue weighted by Gasteiger charge is -2.40. The van der Waals surface area contributed by atoms with Crippen molar-refractivity contribution in [3.05, 3.63) is 35.5 Å². The van der Waals surface area contributed by atoms with Gasteiger partial charge in [0.25, 0.3) is 5.91 Å². The lowest BCUT2D eigenvalue weighted by Crippen LogP contribution is -2.50. The number of hydrogen-bond acceptors (Lipinski definition) is 6. The molecule has 0 radical (unpaired) electrons. The van der Waals surface area contributed by atoms with E-state index in [1.165, 1.54) is 12.8 Å². The fourth-order valence-electron chi connectivity index (χ4n) is 5.97. The summed E-state index contributed by atoms with van der Waals surface area (Å²) >= 11 is 0. The number of aromatic nitrogens is 2. The van der Waals surface area contributed by atoms with Crippen LogP contribution in [0.15, 0.2) is 29.2 Å². The quantitative estimate of drug-likeness (QED) is 0.720. The van der Waals surface area contributed by atoms with Crippen LogP contribution in [0.5, 0.6) is 0 Å². The number of benzene rings is 1. The first kappa shape index (κ1) is 22.4. The van der Waals surface area contributed by atoms with E-state index in [0.29, 0.717) is 43.8 Å². The van der Waals surface area contributed by atoms with Crippen LogP contribution in [0.25, 0.3) is 11.3 Å². The Kier molecular flexibility index (Phi) is 6.28. The van der Waals surface area contributed by atoms with Crippen LogP contribution in [0, 0.1) is 0 Å². The van der Waals surface area contributed by atoms with Crippen LogP contribution in [-0.2, 0) is 21.3 Å². The summed E-state index contributed by atoms with van der Waals surface area (Å²) in [6.45, 7) is 6.47. The number of fused-ring (bicyclic) bond motifs is 3. The van der Waals surface area contributed by atoms with E-state index in [1.54, 1.807) is 0 Å². The number of piperidine rings is 2. The minimum absolute atomic E-state index is 0.0566. The molecule has 2 unspecified atom stereocenters. The molecule has 0 saturated carbocycles. The Labute approximate surface area is 203 Å². The smallest absolute Gasteiger partial charge is 0.274 e. The zero-order valence-electron chi connectivity index (χ0n) is 19.6. The van der Waals surface area contributed by atoms with Gasteiger partial charge in [0.2, 0.25) is 0 Å². The summed E-state index contributed by atoms with van der Waals surface area (Å²) in [7, 11) is -1.18. The number of hydrogen-bond donors (Lipinski definition) is 1. The highest BCUT2D eigenvalue weighted by Crippen LogP contribution is 2.40. The van der Waals surface area contributed by atoms with Gasteiger partial charge in [-0.15, -0.1) is 0 Å². The van der Waals surface area contributed by atoms with Crippen molar-refractivity contribution in [3.63, 3.8) is 0 Å². The highest BCUT2D eigenvalue weighted by atomic mass is 32.2. The van der Waals surface area contributed by atoms with Crippen molar-refractivity contribution >= 4 is 16.7 Å². The molecule has 34 heavy (non-hydrogen) atoms. The third-order valence-electron chi connectivity index (χ3n) is 7.73. The van der Waals surface area contributed by atoms with Crippen molar-refractivity contribution in [1.82, 2.24) is 24.9 Å². The summed E-state index contributed by atoms with van der Waals surface area (Å²) in [5.74, 6) is 0.291. The van der Waals surface area contributed by atoms with E-state index in [9.17, 15) is 9.00 Å². The molecule has 3 fully saturated rings. The second-order valence-corrected chi connectivity index (χ2v) is 11.2. The molecular weight excluding hydrogens is 450 g/mol. The molecule has 6 rings (SSSR count). The van der Waals surface area contributed by atoms with Gasteiger partial charge in [-0.05, 0) is 44.8 Å². The van der Waals surface area contributed by atoms with Gasteiger partial charge in [-0.3, -0.25) is 18.6 Å². The van der Waals surface area contributed by atoms with Gasteiger partial charge in [0.15, 0.2) is 5.69 Å². The minimum atomic E-state index is -1.18. The Hall–Kier alpha value is -2.07. The van der Waals surface area contributed by atoms with Crippen LogP contribution in [0.3, 0.4) is 0 Å². The number of nitrogens with one attached hydrogen (secondary N) is 1. The first-order chi connectivity index (χ1) is 16.7. The number of carbonyl (C=O) groups is 1. The molecule has 0 bridgehead atoms.